The molecule has 0 heterocycles. The summed E-state index contributed by atoms with van der Waals surface area (Å²) in [5.74, 6) is 0.139. The molecule has 2 heteroatoms. The summed E-state index contributed by atoms with van der Waals surface area (Å²) in [4.78, 5) is 11.7. The standard InChI is InChI=1S/C14H14O2/c1-4-12(5-2)11(3)14(15)16-13-9-7-6-8-10-13/h4-10H,1-2H2,3H3. The van der Waals surface area contributed by atoms with Gasteiger partial charge in [-0.2, -0.15) is 0 Å². The molecule has 0 saturated carbocycles. The van der Waals surface area contributed by atoms with Crippen molar-refractivity contribution in [1.82, 2.24) is 0 Å². The van der Waals surface area contributed by atoms with Crippen LogP contribution >= 0.6 is 0 Å². The molecule has 1 aromatic carbocycles. The van der Waals surface area contributed by atoms with Crippen molar-refractivity contribution in [2.24, 2.45) is 0 Å². The van der Waals surface area contributed by atoms with Crippen LogP contribution in [0.3, 0.4) is 0 Å². The van der Waals surface area contributed by atoms with Crippen molar-refractivity contribution >= 4 is 5.97 Å². The van der Waals surface area contributed by atoms with Crippen molar-refractivity contribution < 1.29 is 9.53 Å². The SMILES string of the molecule is C=CC(C=C)=C(C)C(=O)Oc1ccccc1. The number of hydrogen-bond acceptors (Lipinski definition) is 2. The van der Waals surface area contributed by atoms with Gasteiger partial charge in [-0.25, -0.2) is 4.79 Å². The molecule has 1 aromatic rings. The van der Waals surface area contributed by atoms with Crippen LogP contribution in [-0.2, 0) is 4.79 Å². The molecule has 0 saturated heterocycles. The van der Waals surface area contributed by atoms with E-state index in [0.717, 1.165) is 0 Å². The van der Waals surface area contributed by atoms with Crippen LogP contribution in [0.5, 0.6) is 5.75 Å². The van der Waals surface area contributed by atoms with E-state index in [0.29, 0.717) is 16.9 Å². The van der Waals surface area contributed by atoms with Crippen LogP contribution in [0.4, 0.5) is 0 Å². The first kappa shape index (κ1) is 12.0. The minimum atomic E-state index is -0.388. The van der Waals surface area contributed by atoms with Crippen molar-refractivity contribution in [1.29, 1.82) is 0 Å². The van der Waals surface area contributed by atoms with Gasteiger partial charge in [-0.05, 0) is 24.6 Å². The number of benzene rings is 1. The van der Waals surface area contributed by atoms with E-state index in [-0.39, 0.29) is 5.97 Å². The molecule has 2 nitrogen and oxygen atoms in total. The first-order valence-corrected chi connectivity index (χ1v) is 4.92. The maximum absolute atomic E-state index is 11.7. The lowest BCUT2D eigenvalue weighted by molar-refractivity contribution is -0.130. The van der Waals surface area contributed by atoms with Gasteiger partial charge in [0.15, 0.2) is 0 Å². The fraction of sp³-hybridized carbons (Fsp3) is 0.0714. The topological polar surface area (TPSA) is 26.3 Å². The van der Waals surface area contributed by atoms with Gasteiger partial charge in [-0.3, -0.25) is 0 Å². The molecule has 1 rings (SSSR count). The summed E-state index contributed by atoms with van der Waals surface area (Å²) in [5.41, 5.74) is 1.18. The van der Waals surface area contributed by atoms with Gasteiger partial charge in [0.2, 0.25) is 0 Å². The number of carbonyl (C=O) groups excluding carboxylic acids is 1. The van der Waals surface area contributed by atoms with Gasteiger partial charge in [0.05, 0.1) is 0 Å². The third kappa shape index (κ3) is 2.95. The second-order valence-corrected chi connectivity index (χ2v) is 3.19. The van der Waals surface area contributed by atoms with Gasteiger partial charge < -0.3 is 4.74 Å². The fourth-order valence-electron chi connectivity index (χ4n) is 1.18. The molecule has 82 valence electrons. The fourth-order valence-corrected chi connectivity index (χ4v) is 1.18. The summed E-state index contributed by atoms with van der Waals surface area (Å²) in [5, 5.41) is 0. The van der Waals surface area contributed by atoms with E-state index >= 15 is 0 Å². The minimum Gasteiger partial charge on any atom is -0.423 e. The molecule has 0 spiro atoms. The Bertz CT molecular complexity index is 417. The molecule has 0 unspecified atom stereocenters. The van der Waals surface area contributed by atoms with Crippen molar-refractivity contribution in [3.8, 4) is 5.75 Å². The lowest BCUT2D eigenvalue weighted by Gasteiger charge is -2.05. The van der Waals surface area contributed by atoms with Crippen LogP contribution in [-0.4, -0.2) is 5.97 Å². The highest BCUT2D eigenvalue weighted by Gasteiger charge is 2.09. The molecule has 0 amide bonds. The molecule has 0 aliphatic heterocycles. The second kappa shape index (κ2) is 5.71. The monoisotopic (exact) mass is 214 g/mol. The van der Waals surface area contributed by atoms with E-state index in [4.69, 9.17) is 4.74 Å². The minimum absolute atomic E-state index is 0.388. The van der Waals surface area contributed by atoms with Gasteiger partial charge in [-0.15, -0.1) is 0 Å². The van der Waals surface area contributed by atoms with Crippen LogP contribution in [0, 0.1) is 0 Å². The van der Waals surface area contributed by atoms with E-state index in [1.165, 1.54) is 0 Å². The van der Waals surface area contributed by atoms with Crippen LogP contribution in [0.1, 0.15) is 6.92 Å². The predicted octanol–water partition coefficient (Wildman–Crippen LogP) is 3.28. The molecule has 16 heavy (non-hydrogen) atoms. The molecule has 0 N–H and O–H groups in total. The quantitative estimate of drug-likeness (QED) is 0.333. The summed E-state index contributed by atoms with van der Waals surface area (Å²) in [7, 11) is 0. The summed E-state index contributed by atoms with van der Waals surface area (Å²) in [6.07, 6.45) is 3.16. The molecular formula is C14H14O2. The summed E-state index contributed by atoms with van der Waals surface area (Å²) < 4.78 is 5.17. The van der Waals surface area contributed by atoms with Crippen LogP contribution < -0.4 is 4.74 Å². The van der Waals surface area contributed by atoms with Gasteiger partial charge in [0, 0.05) is 5.57 Å². The van der Waals surface area contributed by atoms with Gasteiger partial charge in [0.1, 0.15) is 5.75 Å². The number of allylic oxidation sites excluding steroid dienone is 3. The summed E-state index contributed by atoms with van der Waals surface area (Å²) >= 11 is 0. The summed E-state index contributed by atoms with van der Waals surface area (Å²) in [6, 6.07) is 8.94. The first-order valence-electron chi connectivity index (χ1n) is 4.92. The number of ether oxygens (including phenoxy) is 1. The Kier molecular flexibility index (Phi) is 4.28. The van der Waals surface area contributed by atoms with Crippen LogP contribution in [0.25, 0.3) is 0 Å². The Labute approximate surface area is 95.6 Å². The number of para-hydroxylation sites is 1. The first-order chi connectivity index (χ1) is 7.69. The smallest absolute Gasteiger partial charge is 0.339 e. The van der Waals surface area contributed by atoms with Crippen molar-refractivity contribution in [3.63, 3.8) is 0 Å². The molecule has 0 bridgehead atoms. The zero-order chi connectivity index (χ0) is 12.0. The number of hydrogen-bond donors (Lipinski definition) is 0. The third-order valence-electron chi connectivity index (χ3n) is 2.13. The number of carbonyl (C=O) groups is 1. The number of rotatable bonds is 4. The van der Waals surface area contributed by atoms with Crippen LogP contribution in [0.15, 0.2) is 66.8 Å². The maximum atomic E-state index is 11.7. The largest absolute Gasteiger partial charge is 0.423 e. The highest BCUT2D eigenvalue weighted by Crippen LogP contribution is 2.13. The van der Waals surface area contributed by atoms with Gasteiger partial charge >= 0.3 is 5.97 Å². The van der Waals surface area contributed by atoms with Crippen molar-refractivity contribution in [2.45, 2.75) is 6.92 Å². The molecule has 0 aliphatic rings. The molecule has 0 atom stereocenters. The zero-order valence-electron chi connectivity index (χ0n) is 9.27. The van der Waals surface area contributed by atoms with E-state index in [2.05, 4.69) is 13.2 Å². The molecule has 0 fully saturated rings. The third-order valence-corrected chi connectivity index (χ3v) is 2.13. The highest BCUT2D eigenvalue weighted by atomic mass is 16.5. The van der Waals surface area contributed by atoms with E-state index in [1.54, 1.807) is 31.2 Å². The van der Waals surface area contributed by atoms with Gasteiger partial charge in [-0.1, -0.05) is 43.5 Å². The Morgan fingerprint density at radius 2 is 1.75 bits per heavy atom. The van der Waals surface area contributed by atoms with E-state index in [9.17, 15) is 4.79 Å². The Hall–Kier alpha value is -2.09. The molecular weight excluding hydrogens is 200 g/mol. The van der Waals surface area contributed by atoms with E-state index < -0.39 is 0 Å². The number of esters is 1. The van der Waals surface area contributed by atoms with Crippen molar-refractivity contribution in [2.75, 3.05) is 0 Å². The molecule has 0 aliphatic carbocycles. The van der Waals surface area contributed by atoms with E-state index in [1.807, 2.05) is 18.2 Å². The lowest BCUT2D eigenvalue weighted by atomic mass is 10.1. The molecule has 0 radical (unpaired) electrons. The van der Waals surface area contributed by atoms with Gasteiger partial charge in [0.25, 0.3) is 0 Å². The normalized spacial score (nSPS) is 9.06. The predicted molar refractivity (Wildman–Crippen MR) is 65.2 cm³/mol. The lowest BCUT2D eigenvalue weighted by Crippen LogP contribution is -2.10. The Morgan fingerprint density at radius 3 is 2.25 bits per heavy atom. The zero-order valence-corrected chi connectivity index (χ0v) is 9.27. The summed E-state index contributed by atoms with van der Waals surface area (Å²) in [6.45, 7) is 8.90. The van der Waals surface area contributed by atoms with Crippen molar-refractivity contribution in [3.05, 3.63) is 66.8 Å². The Morgan fingerprint density at radius 1 is 1.19 bits per heavy atom. The average Bonchev–Trinajstić information content (AvgIpc) is 2.31. The average molecular weight is 214 g/mol. The Balaban J connectivity index is 2.84. The highest BCUT2D eigenvalue weighted by molar-refractivity contribution is 5.91. The second-order valence-electron chi connectivity index (χ2n) is 3.19. The van der Waals surface area contributed by atoms with Crippen LogP contribution in [0.2, 0.25) is 0 Å². The maximum Gasteiger partial charge on any atom is 0.339 e. The molecule has 0 aromatic heterocycles.